The third-order valence-corrected chi connectivity index (χ3v) is 11.8. The molecule has 0 spiro atoms. The maximum atomic E-state index is 2.58. The fraction of sp³-hybridized carbons (Fsp3) is 0.0385. The first-order valence-corrected chi connectivity index (χ1v) is 18.5. The van der Waals surface area contributed by atoms with Gasteiger partial charge in [0, 0.05) is 16.4 Å². The number of rotatable bonds is 4. The predicted molar refractivity (Wildman–Crippen MR) is 223 cm³/mol. The summed E-state index contributed by atoms with van der Waals surface area (Å²) in [5.41, 5.74) is 17.4. The van der Waals surface area contributed by atoms with E-state index in [-0.39, 0.29) is 5.41 Å². The summed E-state index contributed by atoms with van der Waals surface area (Å²) in [6.45, 7) is 2.46. The summed E-state index contributed by atoms with van der Waals surface area (Å²) < 4.78 is 0. The van der Waals surface area contributed by atoms with E-state index in [1.807, 2.05) is 0 Å². The molecule has 0 radical (unpaired) electrons. The number of anilines is 3. The van der Waals surface area contributed by atoms with E-state index in [0.29, 0.717) is 0 Å². The minimum atomic E-state index is -0.352. The van der Waals surface area contributed by atoms with Crippen LogP contribution < -0.4 is 4.90 Å². The maximum absolute atomic E-state index is 2.58. The Balaban J connectivity index is 1.25. The van der Waals surface area contributed by atoms with E-state index in [0.717, 1.165) is 0 Å². The number of nitrogens with zero attached hydrogens (tertiary/aromatic N) is 1. The Hall–Kier alpha value is -6.70. The van der Waals surface area contributed by atoms with Crippen LogP contribution in [0.15, 0.2) is 194 Å². The summed E-state index contributed by atoms with van der Waals surface area (Å²) in [5.74, 6) is 0. The molecule has 0 bridgehead atoms. The lowest BCUT2D eigenvalue weighted by Gasteiger charge is -2.43. The van der Waals surface area contributed by atoms with Gasteiger partial charge >= 0.3 is 0 Å². The molecule has 1 heterocycles. The molecular formula is C52H35N. The standard InChI is InChI=1S/C52H35N/c1-52-45-27-11-10-23-43(45)44-26-14-28-48(50(44)52)53(51-41-22-9-8-19-36(41)29-31-42(51)35-17-6-3-7-18-35)47-32-30-38(33-46(47)52)40-25-13-21-37-20-12-24-39(49(37)40)34-15-4-2-5-16-34/h2-33H,1H3. The predicted octanol–water partition coefficient (Wildman–Crippen LogP) is 14.1. The highest BCUT2D eigenvalue weighted by Crippen LogP contribution is 2.63. The average molecular weight is 674 g/mol. The first kappa shape index (κ1) is 30.0. The van der Waals surface area contributed by atoms with Crippen LogP contribution in [0.5, 0.6) is 0 Å². The van der Waals surface area contributed by atoms with Crippen molar-refractivity contribution in [3.05, 3.63) is 211 Å². The number of hydrogen-bond donors (Lipinski definition) is 0. The number of fused-ring (bicyclic) bond motifs is 7. The lowest BCUT2D eigenvalue weighted by Crippen LogP contribution is -2.32. The van der Waals surface area contributed by atoms with Gasteiger partial charge in [-0.15, -0.1) is 0 Å². The maximum Gasteiger partial charge on any atom is 0.0618 e. The van der Waals surface area contributed by atoms with Crippen molar-refractivity contribution in [3.8, 4) is 44.5 Å². The van der Waals surface area contributed by atoms with E-state index >= 15 is 0 Å². The molecule has 9 aromatic carbocycles. The Kier molecular flexibility index (Phi) is 6.45. The third kappa shape index (κ3) is 4.25. The molecule has 9 aromatic rings. The average Bonchev–Trinajstić information content (AvgIpc) is 3.50. The van der Waals surface area contributed by atoms with E-state index in [1.165, 1.54) is 99.8 Å². The van der Waals surface area contributed by atoms with Crippen LogP contribution in [0.4, 0.5) is 17.1 Å². The van der Waals surface area contributed by atoms with Gasteiger partial charge in [0.2, 0.25) is 0 Å². The van der Waals surface area contributed by atoms with Gasteiger partial charge in [-0.1, -0.05) is 176 Å². The largest absolute Gasteiger partial charge is 0.309 e. The molecule has 53 heavy (non-hydrogen) atoms. The lowest BCUT2D eigenvalue weighted by molar-refractivity contribution is 0.702. The SMILES string of the molecule is CC12c3ccccc3-c3cccc(c31)N(c1c(-c3ccccc3)ccc3ccccc13)c1ccc(-c3cccc4cccc(-c5ccccc5)c34)cc12. The van der Waals surface area contributed by atoms with Crippen molar-refractivity contribution in [2.75, 3.05) is 4.90 Å². The minimum absolute atomic E-state index is 0.352. The van der Waals surface area contributed by atoms with Crippen molar-refractivity contribution in [1.82, 2.24) is 0 Å². The van der Waals surface area contributed by atoms with E-state index < -0.39 is 0 Å². The van der Waals surface area contributed by atoms with E-state index in [2.05, 4.69) is 206 Å². The van der Waals surface area contributed by atoms with Crippen LogP contribution in [0.25, 0.3) is 66.1 Å². The summed E-state index contributed by atoms with van der Waals surface area (Å²) in [6, 6.07) is 71.8. The topological polar surface area (TPSA) is 3.24 Å². The quantitative estimate of drug-likeness (QED) is 0.180. The molecule has 0 saturated heterocycles. The summed E-state index contributed by atoms with van der Waals surface area (Å²) in [4.78, 5) is 2.58. The van der Waals surface area contributed by atoms with Gasteiger partial charge in [0.05, 0.1) is 17.1 Å². The van der Waals surface area contributed by atoms with Gasteiger partial charge < -0.3 is 4.90 Å². The zero-order valence-electron chi connectivity index (χ0n) is 29.4. The molecule has 1 heteroatoms. The molecule has 1 unspecified atom stereocenters. The first-order valence-electron chi connectivity index (χ1n) is 18.5. The van der Waals surface area contributed by atoms with Crippen LogP contribution in [0, 0.1) is 0 Å². The van der Waals surface area contributed by atoms with Gasteiger partial charge in [-0.3, -0.25) is 0 Å². The Bertz CT molecular complexity index is 2900. The Morgan fingerprint density at radius 1 is 0.377 bits per heavy atom. The third-order valence-electron chi connectivity index (χ3n) is 11.8. The van der Waals surface area contributed by atoms with Gasteiger partial charge in [0.15, 0.2) is 0 Å². The molecule has 1 atom stereocenters. The van der Waals surface area contributed by atoms with Crippen molar-refractivity contribution in [1.29, 1.82) is 0 Å². The van der Waals surface area contributed by atoms with Crippen LogP contribution in [0.2, 0.25) is 0 Å². The second-order valence-corrected chi connectivity index (χ2v) is 14.6. The van der Waals surface area contributed by atoms with Crippen LogP contribution >= 0.6 is 0 Å². The molecule has 248 valence electrons. The van der Waals surface area contributed by atoms with Gasteiger partial charge in [-0.05, 0) is 96.9 Å². The van der Waals surface area contributed by atoms with Crippen molar-refractivity contribution < 1.29 is 0 Å². The monoisotopic (exact) mass is 673 g/mol. The Labute approximate surface area is 310 Å². The van der Waals surface area contributed by atoms with Crippen molar-refractivity contribution >= 4 is 38.6 Å². The lowest BCUT2D eigenvalue weighted by atomic mass is 9.69. The van der Waals surface area contributed by atoms with Gasteiger partial charge in [0.1, 0.15) is 0 Å². The molecule has 2 aliphatic rings. The smallest absolute Gasteiger partial charge is 0.0618 e. The van der Waals surface area contributed by atoms with Gasteiger partial charge in [-0.2, -0.15) is 0 Å². The Morgan fingerprint density at radius 3 is 1.77 bits per heavy atom. The second kappa shape index (κ2) is 11.4. The molecular weight excluding hydrogens is 639 g/mol. The summed E-state index contributed by atoms with van der Waals surface area (Å²) in [6.07, 6.45) is 0. The van der Waals surface area contributed by atoms with Crippen LogP contribution in [-0.2, 0) is 5.41 Å². The zero-order chi connectivity index (χ0) is 35.1. The molecule has 0 fully saturated rings. The Morgan fingerprint density at radius 2 is 0.981 bits per heavy atom. The number of hydrogen-bond acceptors (Lipinski definition) is 1. The van der Waals surface area contributed by atoms with E-state index in [9.17, 15) is 0 Å². The summed E-state index contributed by atoms with van der Waals surface area (Å²) >= 11 is 0. The number of benzene rings is 9. The molecule has 0 aromatic heterocycles. The molecule has 1 aliphatic carbocycles. The highest BCUT2D eigenvalue weighted by Gasteiger charge is 2.48. The fourth-order valence-corrected chi connectivity index (χ4v) is 9.50. The first-order chi connectivity index (χ1) is 26.2. The van der Waals surface area contributed by atoms with Crippen LogP contribution in [-0.4, -0.2) is 0 Å². The molecule has 11 rings (SSSR count). The normalized spacial score (nSPS) is 15.3. The second-order valence-electron chi connectivity index (χ2n) is 14.6. The molecule has 1 aliphatic heterocycles. The van der Waals surface area contributed by atoms with E-state index in [4.69, 9.17) is 0 Å². The molecule has 0 saturated carbocycles. The summed E-state index contributed by atoms with van der Waals surface area (Å²) in [7, 11) is 0. The zero-order valence-corrected chi connectivity index (χ0v) is 29.4. The highest BCUT2D eigenvalue weighted by molar-refractivity contribution is 6.10. The van der Waals surface area contributed by atoms with Gasteiger partial charge in [-0.25, -0.2) is 0 Å². The van der Waals surface area contributed by atoms with Crippen molar-refractivity contribution in [2.24, 2.45) is 0 Å². The van der Waals surface area contributed by atoms with Crippen LogP contribution in [0.1, 0.15) is 23.6 Å². The molecule has 0 amide bonds. The van der Waals surface area contributed by atoms with Crippen molar-refractivity contribution in [3.63, 3.8) is 0 Å². The highest BCUT2D eigenvalue weighted by atomic mass is 15.2. The summed E-state index contributed by atoms with van der Waals surface area (Å²) in [5, 5.41) is 5.00. The molecule has 1 nitrogen and oxygen atoms in total. The minimum Gasteiger partial charge on any atom is -0.309 e. The van der Waals surface area contributed by atoms with Gasteiger partial charge in [0.25, 0.3) is 0 Å². The fourth-order valence-electron chi connectivity index (χ4n) is 9.50. The van der Waals surface area contributed by atoms with Crippen molar-refractivity contribution in [2.45, 2.75) is 12.3 Å². The van der Waals surface area contributed by atoms with Crippen LogP contribution in [0.3, 0.4) is 0 Å². The van der Waals surface area contributed by atoms with E-state index in [1.54, 1.807) is 0 Å². The molecule has 0 N–H and O–H groups in total.